The molecule has 3 rings (SSSR count). The summed E-state index contributed by atoms with van der Waals surface area (Å²) < 4.78 is 8.08. The number of aromatic amines is 1. The number of rotatable bonds is 3. The molecule has 1 atom stereocenters. The van der Waals surface area contributed by atoms with Gasteiger partial charge in [-0.2, -0.15) is 4.98 Å². The molecule has 1 aliphatic rings. The number of methoxy groups -OCH3 is 1. The Hall–Kier alpha value is -1.43. The topological polar surface area (TPSA) is 55.7 Å². The first-order chi connectivity index (χ1) is 9.22. The van der Waals surface area contributed by atoms with E-state index in [1.54, 1.807) is 7.11 Å². The Morgan fingerprint density at radius 3 is 2.84 bits per heavy atom. The molecule has 102 valence electrons. The quantitative estimate of drug-likeness (QED) is 0.876. The molecule has 0 saturated heterocycles. The smallest absolute Gasteiger partial charge is 0.242 e. The van der Waals surface area contributed by atoms with Crippen molar-refractivity contribution in [3.8, 4) is 5.88 Å². The highest BCUT2D eigenvalue weighted by atomic mass is 32.1. The summed E-state index contributed by atoms with van der Waals surface area (Å²) in [5.74, 6) is 1.24. The van der Waals surface area contributed by atoms with Crippen LogP contribution in [0.15, 0.2) is 6.33 Å². The number of imidazole rings is 1. The number of hydrogen-bond donors (Lipinski definition) is 1. The Morgan fingerprint density at radius 1 is 1.42 bits per heavy atom. The molecular weight excluding hydrogens is 260 g/mol. The Labute approximate surface area is 117 Å². The zero-order valence-electron chi connectivity index (χ0n) is 11.2. The minimum Gasteiger partial charge on any atom is -0.479 e. The van der Waals surface area contributed by atoms with Crippen LogP contribution in [-0.2, 0) is 0 Å². The van der Waals surface area contributed by atoms with E-state index in [2.05, 4.69) is 26.4 Å². The highest BCUT2D eigenvalue weighted by Gasteiger charge is 2.25. The van der Waals surface area contributed by atoms with Gasteiger partial charge in [0.2, 0.25) is 5.88 Å². The normalized spacial score (nSPS) is 18.0. The second-order valence-corrected chi connectivity index (χ2v) is 5.55. The Morgan fingerprint density at radius 2 is 2.16 bits per heavy atom. The van der Waals surface area contributed by atoms with Crippen molar-refractivity contribution < 1.29 is 4.74 Å². The molecule has 1 fully saturated rings. The van der Waals surface area contributed by atoms with Crippen LogP contribution in [0, 0.1) is 10.7 Å². The van der Waals surface area contributed by atoms with Crippen LogP contribution in [-0.4, -0.2) is 26.6 Å². The number of ether oxygens (including phenoxy) is 1. The largest absolute Gasteiger partial charge is 0.479 e. The summed E-state index contributed by atoms with van der Waals surface area (Å²) in [6.07, 6.45) is 6.73. The first kappa shape index (κ1) is 12.6. The fourth-order valence-electron chi connectivity index (χ4n) is 3.10. The third-order valence-electron chi connectivity index (χ3n) is 4.15. The molecule has 1 N–H and O–H groups in total. The van der Waals surface area contributed by atoms with E-state index in [-0.39, 0.29) is 0 Å². The van der Waals surface area contributed by atoms with Crippen molar-refractivity contribution in [1.29, 1.82) is 0 Å². The van der Waals surface area contributed by atoms with E-state index in [0.717, 1.165) is 11.2 Å². The fourth-order valence-corrected chi connectivity index (χ4v) is 3.45. The summed E-state index contributed by atoms with van der Waals surface area (Å²) in [6, 6.07) is 0.364. The van der Waals surface area contributed by atoms with Crippen molar-refractivity contribution in [2.45, 2.75) is 38.6 Å². The summed E-state index contributed by atoms with van der Waals surface area (Å²) in [5, 5.41) is 0. The van der Waals surface area contributed by atoms with Gasteiger partial charge in [0.1, 0.15) is 11.8 Å². The lowest BCUT2D eigenvalue weighted by molar-refractivity contribution is 0.363. The van der Waals surface area contributed by atoms with E-state index in [1.165, 1.54) is 32.0 Å². The lowest BCUT2D eigenvalue weighted by Crippen LogP contribution is -2.14. The molecule has 19 heavy (non-hydrogen) atoms. The highest BCUT2D eigenvalue weighted by Crippen LogP contribution is 2.36. The van der Waals surface area contributed by atoms with E-state index in [9.17, 15) is 0 Å². The molecule has 0 aromatic carbocycles. The third-order valence-corrected chi connectivity index (χ3v) is 4.45. The van der Waals surface area contributed by atoms with Gasteiger partial charge in [-0.15, -0.1) is 0 Å². The van der Waals surface area contributed by atoms with Crippen LogP contribution in [0.4, 0.5) is 0 Å². The van der Waals surface area contributed by atoms with E-state index in [0.29, 0.717) is 22.6 Å². The van der Waals surface area contributed by atoms with Gasteiger partial charge in [0.25, 0.3) is 0 Å². The summed E-state index contributed by atoms with van der Waals surface area (Å²) >= 11 is 5.46. The summed E-state index contributed by atoms with van der Waals surface area (Å²) in [6.45, 7) is 2.23. The first-order valence-electron chi connectivity index (χ1n) is 6.71. The standard InChI is InChI=1S/C13H18N4OS/c1-8(9-5-3-4-6-9)17-11-10(16-13(17)19)12(18-2)15-7-14-11/h7-9H,3-6H2,1-2H3,(H,16,19). The van der Waals surface area contributed by atoms with E-state index in [1.807, 2.05) is 0 Å². The van der Waals surface area contributed by atoms with Crippen LogP contribution < -0.4 is 4.74 Å². The van der Waals surface area contributed by atoms with Crippen LogP contribution in [0.2, 0.25) is 0 Å². The van der Waals surface area contributed by atoms with Gasteiger partial charge in [-0.1, -0.05) is 12.8 Å². The highest BCUT2D eigenvalue weighted by molar-refractivity contribution is 7.71. The molecule has 0 bridgehead atoms. The summed E-state index contributed by atoms with van der Waals surface area (Å²) in [5.41, 5.74) is 1.64. The van der Waals surface area contributed by atoms with Gasteiger partial charge in [-0.3, -0.25) is 4.57 Å². The first-order valence-corrected chi connectivity index (χ1v) is 7.12. The van der Waals surface area contributed by atoms with Gasteiger partial charge in [0.15, 0.2) is 10.4 Å². The van der Waals surface area contributed by atoms with Gasteiger partial charge < -0.3 is 9.72 Å². The number of H-pyrrole nitrogens is 1. The summed E-state index contributed by atoms with van der Waals surface area (Å²) in [4.78, 5) is 11.7. The average molecular weight is 278 g/mol. The fraction of sp³-hybridized carbons (Fsp3) is 0.615. The zero-order valence-corrected chi connectivity index (χ0v) is 12.0. The van der Waals surface area contributed by atoms with Gasteiger partial charge >= 0.3 is 0 Å². The van der Waals surface area contributed by atoms with Crippen LogP contribution >= 0.6 is 12.2 Å². The number of aromatic nitrogens is 4. The van der Waals surface area contributed by atoms with Crippen molar-refractivity contribution in [3.05, 3.63) is 11.1 Å². The van der Waals surface area contributed by atoms with E-state index < -0.39 is 0 Å². The van der Waals surface area contributed by atoms with Crippen molar-refractivity contribution in [2.75, 3.05) is 7.11 Å². The maximum absolute atomic E-state index is 5.46. The second kappa shape index (κ2) is 4.92. The molecular formula is C13H18N4OS. The number of hydrogen-bond acceptors (Lipinski definition) is 4. The second-order valence-electron chi connectivity index (χ2n) is 5.17. The van der Waals surface area contributed by atoms with Crippen LogP contribution in [0.3, 0.4) is 0 Å². The maximum Gasteiger partial charge on any atom is 0.242 e. The predicted molar refractivity (Wildman–Crippen MR) is 75.9 cm³/mol. The van der Waals surface area contributed by atoms with Gasteiger partial charge in [-0.25, -0.2) is 4.98 Å². The molecule has 2 aromatic heterocycles. The molecule has 6 heteroatoms. The molecule has 2 aromatic rings. The molecule has 0 spiro atoms. The molecule has 2 heterocycles. The third kappa shape index (κ3) is 2.04. The Balaban J connectivity index is 2.12. The van der Waals surface area contributed by atoms with E-state index in [4.69, 9.17) is 17.0 Å². The summed E-state index contributed by atoms with van der Waals surface area (Å²) in [7, 11) is 1.61. The predicted octanol–water partition coefficient (Wildman–Crippen LogP) is 3.25. The monoisotopic (exact) mass is 278 g/mol. The molecule has 1 unspecified atom stereocenters. The Kier molecular flexibility index (Phi) is 3.26. The molecule has 1 saturated carbocycles. The lowest BCUT2D eigenvalue weighted by atomic mass is 10.00. The average Bonchev–Trinajstić information content (AvgIpc) is 3.04. The molecule has 5 nitrogen and oxygen atoms in total. The zero-order chi connectivity index (χ0) is 13.4. The van der Waals surface area contributed by atoms with Crippen LogP contribution in [0.5, 0.6) is 5.88 Å². The van der Waals surface area contributed by atoms with Crippen LogP contribution in [0.25, 0.3) is 11.2 Å². The van der Waals surface area contributed by atoms with Crippen molar-refractivity contribution in [1.82, 2.24) is 19.5 Å². The molecule has 0 radical (unpaired) electrons. The molecule has 0 amide bonds. The molecule has 1 aliphatic carbocycles. The van der Waals surface area contributed by atoms with Gasteiger partial charge in [-0.05, 0) is 37.9 Å². The number of nitrogens with one attached hydrogen (secondary N) is 1. The van der Waals surface area contributed by atoms with Gasteiger partial charge in [0.05, 0.1) is 7.11 Å². The van der Waals surface area contributed by atoms with Crippen molar-refractivity contribution in [2.24, 2.45) is 5.92 Å². The van der Waals surface area contributed by atoms with Crippen molar-refractivity contribution >= 4 is 23.4 Å². The maximum atomic E-state index is 5.46. The minimum atomic E-state index is 0.364. The lowest BCUT2D eigenvalue weighted by Gasteiger charge is -2.20. The van der Waals surface area contributed by atoms with Crippen molar-refractivity contribution in [3.63, 3.8) is 0 Å². The number of nitrogens with zero attached hydrogens (tertiary/aromatic N) is 3. The Bertz CT molecular complexity index is 642. The van der Waals surface area contributed by atoms with Crippen LogP contribution in [0.1, 0.15) is 38.6 Å². The van der Waals surface area contributed by atoms with Gasteiger partial charge in [0, 0.05) is 6.04 Å². The molecule has 0 aliphatic heterocycles. The van der Waals surface area contributed by atoms with E-state index >= 15 is 0 Å². The SMILES string of the molecule is COc1ncnc2c1[nH]c(=S)n2C(C)C1CCCC1. The number of fused-ring (bicyclic) bond motifs is 1. The minimum absolute atomic E-state index is 0.364.